The Balaban J connectivity index is 1.47. The number of nitrogens with zero attached hydrogens (tertiary/aromatic N) is 2. The van der Waals surface area contributed by atoms with E-state index in [9.17, 15) is 9.59 Å². The number of hydrogen-bond acceptors (Lipinski definition) is 6. The first-order valence-corrected chi connectivity index (χ1v) is 11.6. The summed E-state index contributed by atoms with van der Waals surface area (Å²) in [6.07, 6.45) is 0.607. The topological polar surface area (TPSA) is 89.5 Å². The lowest BCUT2D eigenvalue weighted by molar-refractivity contribution is -0.134. The second kappa shape index (κ2) is 11.4. The Labute approximate surface area is 210 Å². The number of carbonyl (C=O) groups excluding carboxylic acids is 2. The van der Waals surface area contributed by atoms with Gasteiger partial charge in [-0.05, 0) is 35.4 Å². The van der Waals surface area contributed by atoms with Crippen molar-refractivity contribution in [3.63, 3.8) is 0 Å². The normalized spacial score (nSPS) is 14.7. The smallest absolute Gasteiger partial charge is 0.243 e. The predicted molar refractivity (Wildman–Crippen MR) is 138 cm³/mol. The Morgan fingerprint density at radius 2 is 1.58 bits per heavy atom. The van der Waals surface area contributed by atoms with Crippen LogP contribution in [0.3, 0.4) is 0 Å². The van der Waals surface area contributed by atoms with Crippen LogP contribution in [0.1, 0.15) is 36.4 Å². The Hall–Kier alpha value is -4.33. The minimum atomic E-state index is -0.292. The summed E-state index contributed by atoms with van der Waals surface area (Å²) in [5.41, 5.74) is 3.26. The third-order valence-electron chi connectivity index (χ3n) is 6.02. The molecule has 1 N–H and O–H groups in total. The average Bonchev–Trinajstić information content (AvgIpc) is 3.38. The van der Waals surface area contributed by atoms with Crippen LogP contribution in [0, 0.1) is 0 Å². The molecule has 1 unspecified atom stereocenters. The third kappa shape index (κ3) is 5.66. The highest BCUT2D eigenvalue weighted by Gasteiger charge is 2.33. The summed E-state index contributed by atoms with van der Waals surface area (Å²) in [6, 6.07) is 22.3. The third-order valence-corrected chi connectivity index (χ3v) is 6.02. The Morgan fingerprint density at radius 1 is 0.889 bits per heavy atom. The highest BCUT2D eigenvalue weighted by atomic mass is 16.5. The summed E-state index contributed by atoms with van der Waals surface area (Å²) in [6.45, 7) is 0. The zero-order valence-corrected chi connectivity index (χ0v) is 20.6. The fraction of sp³-hybridized carbons (Fsp3) is 0.250. The summed E-state index contributed by atoms with van der Waals surface area (Å²) < 4.78 is 15.8. The fourth-order valence-electron chi connectivity index (χ4n) is 4.08. The van der Waals surface area contributed by atoms with Crippen molar-refractivity contribution in [3.8, 4) is 17.2 Å². The van der Waals surface area contributed by atoms with E-state index in [1.54, 1.807) is 32.4 Å². The maximum Gasteiger partial charge on any atom is 0.243 e. The van der Waals surface area contributed by atoms with Crippen molar-refractivity contribution in [2.24, 2.45) is 5.10 Å². The second-order valence-electron chi connectivity index (χ2n) is 8.26. The number of hydrogen-bond donors (Lipinski definition) is 1. The molecule has 3 aromatic carbocycles. The molecule has 186 valence electrons. The van der Waals surface area contributed by atoms with E-state index < -0.39 is 0 Å². The summed E-state index contributed by atoms with van der Waals surface area (Å²) in [5, 5.41) is 8.98. The molecule has 36 heavy (non-hydrogen) atoms. The number of anilines is 1. The minimum Gasteiger partial charge on any atom is -0.497 e. The summed E-state index contributed by atoms with van der Waals surface area (Å²) in [4.78, 5) is 25.9. The van der Waals surface area contributed by atoms with Crippen molar-refractivity contribution in [1.29, 1.82) is 0 Å². The second-order valence-corrected chi connectivity index (χ2v) is 8.26. The van der Waals surface area contributed by atoms with Gasteiger partial charge >= 0.3 is 0 Å². The van der Waals surface area contributed by atoms with Gasteiger partial charge in [0.1, 0.15) is 17.2 Å². The molecule has 0 saturated carbocycles. The highest BCUT2D eigenvalue weighted by molar-refractivity contribution is 6.03. The number of benzene rings is 3. The number of hydrazone groups is 1. The van der Waals surface area contributed by atoms with Crippen LogP contribution < -0.4 is 19.5 Å². The zero-order chi connectivity index (χ0) is 25.5. The Morgan fingerprint density at radius 3 is 2.25 bits per heavy atom. The molecule has 4 rings (SSSR count). The molecule has 0 aliphatic carbocycles. The molecule has 1 aliphatic heterocycles. The lowest BCUT2D eigenvalue weighted by Crippen LogP contribution is -2.28. The van der Waals surface area contributed by atoms with Crippen LogP contribution in [0.25, 0.3) is 0 Å². The standard InChI is InChI=1S/C28H29N3O5/c1-34-21-11-9-20(10-12-21)25-18-24(19-7-5-4-6-8-19)30-31(25)28(33)16-15-27(32)29-23-14-13-22(35-2)17-26(23)36-3/h4-14,17,25H,15-16,18H2,1-3H3,(H,29,32). The summed E-state index contributed by atoms with van der Waals surface area (Å²) in [5.74, 6) is 1.32. The number of nitrogens with one attached hydrogen (secondary N) is 1. The SMILES string of the molecule is COc1ccc(C2CC(c3ccccc3)=NN2C(=O)CCC(=O)Nc2ccc(OC)cc2OC)cc1. The van der Waals surface area contributed by atoms with Gasteiger partial charge in [-0.3, -0.25) is 9.59 Å². The van der Waals surface area contributed by atoms with Gasteiger partial charge < -0.3 is 19.5 Å². The van der Waals surface area contributed by atoms with Gasteiger partial charge in [0.15, 0.2) is 0 Å². The number of amides is 2. The van der Waals surface area contributed by atoms with Crippen molar-refractivity contribution in [3.05, 3.63) is 83.9 Å². The molecule has 1 aliphatic rings. The van der Waals surface area contributed by atoms with Gasteiger partial charge in [-0.15, -0.1) is 0 Å². The first-order valence-electron chi connectivity index (χ1n) is 11.6. The zero-order valence-electron chi connectivity index (χ0n) is 20.6. The van der Waals surface area contributed by atoms with Gasteiger partial charge in [0, 0.05) is 25.3 Å². The maximum atomic E-state index is 13.3. The van der Waals surface area contributed by atoms with Crippen LogP contribution in [-0.2, 0) is 9.59 Å². The lowest BCUT2D eigenvalue weighted by atomic mass is 9.98. The largest absolute Gasteiger partial charge is 0.497 e. The Bertz CT molecular complexity index is 1240. The van der Waals surface area contributed by atoms with Crippen molar-refractivity contribution in [2.45, 2.75) is 25.3 Å². The van der Waals surface area contributed by atoms with Crippen LogP contribution in [0.4, 0.5) is 5.69 Å². The van der Waals surface area contributed by atoms with Crippen LogP contribution in [0.2, 0.25) is 0 Å². The quantitative estimate of drug-likeness (QED) is 0.468. The van der Waals surface area contributed by atoms with E-state index in [1.807, 2.05) is 54.6 Å². The van der Waals surface area contributed by atoms with Crippen LogP contribution in [-0.4, -0.2) is 43.9 Å². The number of carbonyl (C=O) groups is 2. The van der Waals surface area contributed by atoms with E-state index >= 15 is 0 Å². The van der Waals surface area contributed by atoms with E-state index in [-0.39, 0.29) is 30.7 Å². The van der Waals surface area contributed by atoms with Gasteiger partial charge in [0.25, 0.3) is 0 Å². The van der Waals surface area contributed by atoms with Crippen molar-refractivity contribution >= 4 is 23.2 Å². The van der Waals surface area contributed by atoms with Crippen molar-refractivity contribution < 1.29 is 23.8 Å². The number of ether oxygens (including phenoxy) is 3. The molecule has 8 heteroatoms. The van der Waals surface area contributed by atoms with Gasteiger partial charge in [-0.1, -0.05) is 42.5 Å². The van der Waals surface area contributed by atoms with Crippen LogP contribution in [0.15, 0.2) is 77.9 Å². The molecule has 3 aromatic rings. The van der Waals surface area contributed by atoms with Crippen LogP contribution in [0.5, 0.6) is 17.2 Å². The molecular formula is C28H29N3O5. The first kappa shape index (κ1) is 24.8. The van der Waals surface area contributed by atoms with E-state index in [1.165, 1.54) is 12.1 Å². The van der Waals surface area contributed by atoms with E-state index in [2.05, 4.69) is 10.4 Å². The monoisotopic (exact) mass is 487 g/mol. The van der Waals surface area contributed by atoms with Crippen molar-refractivity contribution in [2.75, 3.05) is 26.6 Å². The van der Waals surface area contributed by atoms with Crippen LogP contribution >= 0.6 is 0 Å². The van der Waals surface area contributed by atoms with Gasteiger partial charge in [0.2, 0.25) is 11.8 Å². The molecule has 0 bridgehead atoms. The Kier molecular flexibility index (Phi) is 7.85. The maximum absolute atomic E-state index is 13.3. The molecule has 0 radical (unpaired) electrons. The first-order chi connectivity index (χ1) is 17.5. The molecule has 1 heterocycles. The molecule has 0 spiro atoms. The predicted octanol–water partition coefficient (Wildman–Crippen LogP) is 4.81. The minimum absolute atomic E-state index is 0.00996. The average molecular weight is 488 g/mol. The molecular weight excluding hydrogens is 458 g/mol. The van der Waals surface area contributed by atoms with Gasteiger partial charge in [-0.2, -0.15) is 5.10 Å². The molecule has 2 amide bonds. The van der Waals surface area contributed by atoms with E-state index in [0.717, 1.165) is 22.6 Å². The highest BCUT2D eigenvalue weighted by Crippen LogP contribution is 2.34. The molecule has 0 saturated heterocycles. The van der Waals surface area contributed by atoms with E-state index in [4.69, 9.17) is 14.2 Å². The molecule has 8 nitrogen and oxygen atoms in total. The number of rotatable bonds is 9. The van der Waals surface area contributed by atoms with E-state index in [0.29, 0.717) is 23.6 Å². The lowest BCUT2D eigenvalue weighted by Gasteiger charge is -2.22. The van der Waals surface area contributed by atoms with Gasteiger partial charge in [-0.25, -0.2) is 5.01 Å². The molecule has 0 aromatic heterocycles. The fourth-order valence-corrected chi connectivity index (χ4v) is 4.08. The summed E-state index contributed by atoms with van der Waals surface area (Å²) >= 11 is 0. The molecule has 0 fully saturated rings. The van der Waals surface area contributed by atoms with Gasteiger partial charge in [0.05, 0.1) is 38.8 Å². The number of methoxy groups -OCH3 is 3. The van der Waals surface area contributed by atoms with Crippen molar-refractivity contribution in [1.82, 2.24) is 5.01 Å². The summed E-state index contributed by atoms with van der Waals surface area (Å²) in [7, 11) is 4.69. The molecule has 1 atom stereocenters.